The molecule has 19 heavy (non-hydrogen) atoms. The smallest absolute Gasteiger partial charge is 0.0766 e. The van der Waals surface area contributed by atoms with Gasteiger partial charge in [-0.3, -0.25) is 4.68 Å². The number of rotatable bonds is 7. The summed E-state index contributed by atoms with van der Waals surface area (Å²) in [7, 11) is 0. The first-order chi connectivity index (χ1) is 8.79. The van der Waals surface area contributed by atoms with E-state index in [-0.39, 0.29) is 5.92 Å². The number of hydrogen-bond acceptors (Lipinski definition) is 3. The van der Waals surface area contributed by atoms with Crippen LogP contribution in [-0.2, 0) is 13.1 Å². The first-order valence-electron chi connectivity index (χ1n) is 7.25. The van der Waals surface area contributed by atoms with Crippen LogP contribution < -0.4 is 5.32 Å². The molecule has 0 saturated carbocycles. The van der Waals surface area contributed by atoms with Crippen molar-refractivity contribution in [1.29, 1.82) is 0 Å². The van der Waals surface area contributed by atoms with Gasteiger partial charge in [-0.2, -0.15) is 5.10 Å². The van der Waals surface area contributed by atoms with Crippen molar-refractivity contribution >= 4 is 0 Å². The van der Waals surface area contributed by atoms with Crippen molar-refractivity contribution < 1.29 is 5.11 Å². The molecule has 1 atom stereocenters. The van der Waals surface area contributed by atoms with Crippen LogP contribution in [0.5, 0.6) is 0 Å². The van der Waals surface area contributed by atoms with Gasteiger partial charge in [-0.15, -0.1) is 0 Å². The zero-order valence-corrected chi connectivity index (χ0v) is 13.2. The van der Waals surface area contributed by atoms with Crippen LogP contribution >= 0.6 is 0 Å². The second-order valence-electron chi connectivity index (χ2n) is 5.99. The van der Waals surface area contributed by atoms with Gasteiger partial charge in [-0.25, -0.2) is 0 Å². The molecule has 0 radical (unpaired) electrons. The standard InChI is InChI=1S/C15H29N3O/c1-7-8-18-13(5)14(12(4)17-18)9-16-10-15(6,19)11(2)3/h11,16,19H,7-10H2,1-6H3. The summed E-state index contributed by atoms with van der Waals surface area (Å²) in [5.41, 5.74) is 2.91. The van der Waals surface area contributed by atoms with E-state index >= 15 is 0 Å². The molecule has 4 heteroatoms. The highest BCUT2D eigenvalue weighted by Crippen LogP contribution is 2.16. The number of aromatic nitrogens is 2. The predicted molar refractivity (Wildman–Crippen MR) is 79.2 cm³/mol. The highest BCUT2D eigenvalue weighted by atomic mass is 16.3. The molecule has 1 aromatic rings. The van der Waals surface area contributed by atoms with Gasteiger partial charge in [0.15, 0.2) is 0 Å². The lowest BCUT2D eigenvalue weighted by Gasteiger charge is -2.28. The second-order valence-corrected chi connectivity index (χ2v) is 5.99. The third kappa shape index (κ3) is 4.05. The van der Waals surface area contributed by atoms with E-state index in [9.17, 15) is 5.11 Å². The number of aryl methyl sites for hydroxylation is 2. The van der Waals surface area contributed by atoms with Crippen LogP contribution in [-0.4, -0.2) is 27.0 Å². The van der Waals surface area contributed by atoms with E-state index in [4.69, 9.17) is 0 Å². The summed E-state index contributed by atoms with van der Waals surface area (Å²) in [6.45, 7) is 14.6. The fraction of sp³-hybridized carbons (Fsp3) is 0.800. The summed E-state index contributed by atoms with van der Waals surface area (Å²) in [5, 5.41) is 18.1. The summed E-state index contributed by atoms with van der Waals surface area (Å²) in [4.78, 5) is 0. The van der Waals surface area contributed by atoms with Crippen molar-refractivity contribution in [3.8, 4) is 0 Å². The van der Waals surface area contributed by atoms with E-state index in [1.165, 1.54) is 11.3 Å². The lowest BCUT2D eigenvalue weighted by molar-refractivity contribution is 0.0139. The van der Waals surface area contributed by atoms with Gasteiger partial charge < -0.3 is 10.4 Å². The maximum absolute atomic E-state index is 10.2. The van der Waals surface area contributed by atoms with Crippen molar-refractivity contribution in [3.63, 3.8) is 0 Å². The molecule has 1 heterocycles. The first-order valence-corrected chi connectivity index (χ1v) is 7.25. The van der Waals surface area contributed by atoms with E-state index in [1.54, 1.807) is 0 Å². The number of aliphatic hydroxyl groups is 1. The molecule has 0 fully saturated rings. The van der Waals surface area contributed by atoms with Crippen LogP contribution in [0.2, 0.25) is 0 Å². The molecule has 0 aliphatic rings. The van der Waals surface area contributed by atoms with E-state index < -0.39 is 5.60 Å². The SMILES string of the molecule is CCCn1nc(C)c(CNCC(C)(O)C(C)C)c1C. The van der Waals surface area contributed by atoms with Crippen LogP contribution in [0.1, 0.15) is 51.1 Å². The number of nitrogens with zero attached hydrogens (tertiary/aromatic N) is 2. The number of hydrogen-bond donors (Lipinski definition) is 2. The Bertz CT molecular complexity index is 408. The van der Waals surface area contributed by atoms with Gasteiger partial charge in [0.05, 0.1) is 11.3 Å². The van der Waals surface area contributed by atoms with Crippen LogP contribution in [0, 0.1) is 19.8 Å². The lowest BCUT2D eigenvalue weighted by atomic mass is 9.92. The first kappa shape index (κ1) is 16.2. The van der Waals surface area contributed by atoms with Crippen molar-refractivity contribution in [3.05, 3.63) is 17.0 Å². The molecule has 0 spiro atoms. The molecule has 110 valence electrons. The summed E-state index contributed by atoms with van der Waals surface area (Å²) in [6.07, 6.45) is 1.09. The maximum Gasteiger partial charge on any atom is 0.0766 e. The predicted octanol–water partition coefficient (Wildman–Crippen LogP) is 2.41. The minimum absolute atomic E-state index is 0.241. The molecule has 2 N–H and O–H groups in total. The average molecular weight is 267 g/mol. The fourth-order valence-electron chi connectivity index (χ4n) is 2.06. The topological polar surface area (TPSA) is 50.1 Å². The lowest BCUT2D eigenvalue weighted by Crippen LogP contribution is -2.42. The Morgan fingerprint density at radius 2 is 2.00 bits per heavy atom. The van der Waals surface area contributed by atoms with Gasteiger partial charge in [0, 0.05) is 30.9 Å². The van der Waals surface area contributed by atoms with E-state index in [2.05, 4.69) is 35.9 Å². The van der Waals surface area contributed by atoms with E-state index in [0.717, 1.165) is 25.2 Å². The van der Waals surface area contributed by atoms with Crippen molar-refractivity contribution in [2.24, 2.45) is 5.92 Å². The summed E-state index contributed by atoms with van der Waals surface area (Å²) < 4.78 is 2.08. The largest absolute Gasteiger partial charge is 0.389 e. The van der Waals surface area contributed by atoms with Gasteiger partial charge in [0.25, 0.3) is 0 Å². The zero-order chi connectivity index (χ0) is 14.6. The van der Waals surface area contributed by atoms with E-state index in [0.29, 0.717) is 6.54 Å². The molecule has 1 aromatic heterocycles. The van der Waals surface area contributed by atoms with Crippen molar-refractivity contribution in [1.82, 2.24) is 15.1 Å². The van der Waals surface area contributed by atoms with Gasteiger partial charge in [-0.1, -0.05) is 20.8 Å². The molecule has 0 bridgehead atoms. The van der Waals surface area contributed by atoms with Gasteiger partial charge in [0.1, 0.15) is 0 Å². The fourth-order valence-corrected chi connectivity index (χ4v) is 2.06. The monoisotopic (exact) mass is 267 g/mol. The summed E-state index contributed by atoms with van der Waals surface area (Å²) in [6, 6.07) is 0. The Morgan fingerprint density at radius 3 is 2.53 bits per heavy atom. The minimum atomic E-state index is -0.665. The zero-order valence-electron chi connectivity index (χ0n) is 13.2. The van der Waals surface area contributed by atoms with Gasteiger partial charge in [0.2, 0.25) is 0 Å². The third-order valence-electron chi connectivity index (χ3n) is 4.00. The second kappa shape index (κ2) is 6.53. The average Bonchev–Trinajstić information content (AvgIpc) is 2.57. The Balaban J connectivity index is 2.63. The highest BCUT2D eigenvalue weighted by molar-refractivity contribution is 5.24. The third-order valence-corrected chi connectivity index (χ3v) is 4.00. The molecule has 0 saturated heterocycles. The normalized spacial score (nSPS) is 14.9. The Hall–Kier alpha value is -0.870. The molecule has 0 amide bonds. The van der Waals surface area contributed by atoms with Crippen molar-refractivity contribution in [2.75, 3.05) is 6.54 Å². The van der Waals surface area contributed by atoms with Crippen molar-refractivity contribution in [2.45, 2.75) is 66.7 Å². The molecule has 0 aliphatic carbocycles. The maximum atomic E-state index is 10.2. The Morgan fingerprint density at radius 1 is 1.37 bits per heavy atom. The molecule has 1 rings (SSSR count). The number of nitrogens with one attached hydrogen (secondary N) is 1. The molecular formula is C15H29N3O. The van der Waals surface area contributed by atoms with Gasteiger partial charge >= 0.3 is 0 Å². The molecular weight excluding hydrogens is 238 g/mol. The van der Waals surface area contributed by atoms with Crippen LogP contribution in [0.4, 0.5) is 0 Å². The molecule has 0 aromatic carbocycles. The Kier molecular flexibility index (Phi) is 5.56. The Labute approximate surface area is 117 Å². The summed E-state index contributed by atoms with van der Waals surface area (Å²) in [5.74, 6) is 0.241. The quantitative estimate of drug-likeness (QED) is 0.797. The molecule has 0 aliphatic heterocycles. The van der Waals surface area contributed by atoms with Crippen LogP contribution in [0.3, 0.4) is 0 Å². The minimum Gasteiger partial charge on any atom is -0.389 e. The molecule has 4 nitrogen and oxygen atoms in total. The van der Waals surface area contributed by atoms with E-state index in [1.807, 2.05) is 20.8 Å². The van der Waals surface area contributed by atoms with Crippen LogP contribution in [0.25, 0.3) is 0 Å². The van der Waals surface area contributed by atoms with Gasteiger partial charge in [-0.05, 0) is 33.1 Å². The van der Waals surface area contributed by atoms with Crippen LogP contribution in [0.15, 0.2) is 0 Å². The summed E-state index contributed by atoms with van der Waals surface area (Å²) >= 11 is 0. The molecule has 1 unspecified atom stereocenters. The highest BCUT2D eigenvalue weighted by Gasteiger charge is 2.24.